The Morgan fingerprint density at radius 3 is 2.69 bits per heavy atom. The third kappa shape index (κ3) is 3.31. The van der Waals surface area contributed by atoms with Crippen LogP contribution in [0.1, 0.15) is 39.5 Å². The molecule has 1 N–H and O–H groups in total. The van der Waals surface area contributed by atoms with Crippen molar-refractivity contribution in [2.45, 2.75) is 49.9 Å². The van der Waals surface area contributed by atoms with Crippen molar-refractivity contribution in [3.63, 3.8) is 0 Å². The van der Waals surface area contributed by atoms with Crippen molar-refractivity contribution in [2.24, 2.45) is 0 Å². The van der Waals surface area contributed by atoms with Gasteiger partial charge in [-0.1, -0.05) is 0 Å². The quantitative estimate of drug-likeness (QED) is 0.708. The van der Waals surface area contributed by atoms with E-state index in [1.165, 1.54) is 0 Å². The van der Waals surface area contributed by atoms with Crippen LogP contribution in [0, 0.1) is 0 Å². The number of aldehydes is 1. The zero-order chi connectivity index (χ0) is 9.95. The molecule has 1 aliphatic rings. The summed E-state index contributed by atoms with van der Waals surface area (Å²) in [6.07, 6.45) is 4.71. The Morgan fingerprint density at radius 1 is 1.62 bits per heavy atom. The van der Waals surface area contributed by atoms with Gasteiger partial charge < -0.3 is 9.90 Å². The molecule has 0 radical (unpaired) electrons. The molecule has 1 fully saturated rings. The molecule has 2 nitrogen and oxygen atoms in total. The van der Waals surface area contributed by atoms with E-state index in [9.17, 15) is 9.90 Å². The van der Waals surface area contributed by atoms with Gasteiger partial charge in [-0.05, 0) is 45.3 Å². The molecule has 1 rings (SSSR count). The van der Waals surface area contributed by atoms with Crippen LogP contribution < -0.4 is 0 Å². The highest BCUT2D eigenvalue weighted by Gasteiger charge is 2.35. The van der Waals surface area contributed by atoms with Gasteiger partial charge in [0.25, 0.3) is 0 Å². The van der Waals surface area contributed by atoms with Gasteiger partial charge in [0, 0.05) is 0 Å². The van der Waals surface area contributed by atoms with Crippen LogP contribution in [-0.4, -0.2) is 27.5 Å². The zero-order valence-electron chi connectivity index (χ0n) is 8.38. The first-order valence-electron chi connectivity index (χ1n) is 4.80. The predicted octanol–water partition coefficient (Wildman–Crippen LogP) is 2.00. The van der Waals surface area contributed by atoms with Gasteiger partial charge in [-0.25, -0.2) is 0 Å². The average molecular weight is 202 g/mol. The van der Waals surface area contributed by atoms with E-state index in [0.717, 1.165) is 31.3 Å². The molecule has 1 atom stereocenters. The minimum Gasteiger partial charge on any atom is -0.390 e. The highest BCUT2D eigenvalue weighted by atomic mass is 32.2. The second kappa shape index (κ2) is 4.01. The maximum atomic E-state index is 10.9. The van der Waals surface area contributed by atoms with Gasteiger partial charge in [-0.15, -0.1) is 11.8 Å². The molecule has 0 aromatic rings. The molecule has 1 aliphatic heterocycles. The van der Waals surface area contributed by atoms with Gasteiger partial charge in [0.05, 0.1) is 10.3 Å². The summed E-state index contributed by atoms with van der Waals surface area (Å²) >= 11 is 1.75. The van der Waals surface area contributed by atoms with Crippen molar-refractivity contribution in [2.75, 3.05) is 5.75 Å². The second-order valence-electron chi connectivity index (χ2n) is 4.45. The summed E-state index contributed by atoms with van der Waals surface area (Å²) in [5.74, 6) is 1.09. The van der Waals surface area contributed by atoms with E-state index in [-0.39, 0.29) is 4.75 Å². The number of rotatable bonds is 4. The summed E-state index contributed by atoms with van der Waals surface area (Å²) in [7, 11) is 0. The SMILES string of the molecule is CC(C)(O)CCC1(C=O)CCCS1. The molecule has 0 bridgehead atoms. The first kappa shape index (κ1) is 11.1. The van der Waals surface area contributed by atoms with Gasteiger partial charge in [0.15, 0.2) is 0 Å². The van der Waals surface area contributed by atoms with Gasteiger partial charge in [-0.3, -0.25) is 0 Å². The van der Waals surface area contributed by atoms with Gasteiger partial charge in [0.1, 0.15) is 6.29 Å². The molecule has 0 aromatic carbocycles. The summed E-state index contributed by atoms with van der Waals surface area (Å²) in [5.41, 5.74) is -0.640. The lowest BCUT2D eigenvalue weighted by molar-refractivity contribution is -0.110. The van der Waals surface area contributed by atoms with Crippen molar-refractivity contribution in [1.29, 1.82) is 0 Å². The lowest BCUT2D eigenvalue weighted by Crippen LogP contribution is -2.28. The highest BCUT2D eigenvalue weighted by Crippen LogP contribution is 2.41. The first-order valence-corrected chi connectivity index (χ1v) is 5.79. The monoisotopic (exact) mass is 202 g/mol. The van der Waals surface area contributed by atoms with Crippen molar-refractivity contribution >= 4 is 18.0 Å². The lowest BCUT2D eigenvalue weighted by Gasteiger charge is -2.25. The molecule has 0 spiro atoms. The fourth-order valence-corrected chi connectivity index (χ4v) is 2.88. The summed E-state index contributed by atoms with van der Waals surface area (Å²) in [6, 6.07) is 0. The smallest absolute Gasteiger partial charge is 0.136 e. The van der Waals surface area contributed by atoms with E-state index in [2.05, 4.69) is 0 Å². The maximum Gasteiger partial charge on any atom is 0.136 e. The molecule has 0 saturated carbocycles. The Morgan fingerprint density at radius 2 is 2.31 bits per heavy atom. The van der Waals surface area contributed by atoms with Crippen molar-refractivity contribution in [3.8, 4) is 0 Å². The van der Waals surface area contributed by atoms with Crippen molar-refractivity contribution < 1.29 is 9.90 Å². The molecule has 3 heteroatoms. The Hall–Kier alpha value is -0.0200. The molecule has 1 saturated heterocycles. The molecular weight excluding hydrogens is 184 g/mol. The van der Waals surface area contributed by atoms with Crippen LogP contribution >= 0.6 is 11.8 Å². The summed E-state index contributed by atoms with van der Waals surface area (Å²) in [5, 5.41) is 9.56. The normalized spacial score (nSPS) is 29.2. The lowest BCUT2D eigenvalue weighted by atomic mass is 9.92. The number of carbonyl (C=O) groups is 1. The topological polar surface area (TPSA) is 37.3 Å². The minimum absolute atomic E-state index is 0.181. The molecule has 1 heterocycles. The molecule has 13 heavy (non-hydrogen) atoms. The molecular formula is C10H18O2S. The summed E-state index contributed by atoms with van der Waals surface area (Å²) in [4.78, 5) is 10.9. The number of aliphatic hydroxyl groups is 1. The van der Waals surface area contributed by atoms with Crippen LogP contribution in [0.5, 0.6) is 0 Å². The third-order valence-electron chi connectivity index (χ3n) is 2.51. The van der Waals surface area contributed by atoms with Crippen molar-refractivity contribution in [1.82, 2.24) is 0 Å². The van der Waals surface area contributed by atoms with Crippen molar-refractivity contribution in [3.05, 3.63) is 0 Å². The Balaban J connectivity index is 2.45. The number of hydrogen-bond acceptors (Lipinski definition) is 3. The standard InChI is InChI=1S/C10H18O2S/c1-9(2,12)5-6-10(8-11)4-3-7-13-10/h8,12H,3-7H2,1-2H3. The van der Waals surface area contributed by atoms with E-state index < -0.39 is 5.60 Å². The number of carbonyl (C=O) groups excluding carboxylic acids is 1. The Bertz CT molecular complexity index is 178. The highest BCUT2D eigenvalue weighted by molar-refractivity contribution is 8.01. The molecule has 0 aliphatic carbocycles. The van der Waals surface area contributed by atoms with E-state index in [1.807, 2.05) is 0 Å². The van der Waals surface area contributed by atoms with Crippen LogP contribution in [0.25, 0.3) is 0 Å². The van der Waals surface area contributed by atoms with Crippen LogP contribution in [0.3, 0.4) is 0 Å². The summed E-state index contributed by atoms with van der Waals surface area (Å²) in [6.45, 7) is 3.59. The van der Waals surface area contributed by atoms with Gasteiger partial charge in [-0.2, -0.15) is 0 Å². The van der Waals surface area contributed by atoms with Crippen LogP contribution in [0.15, 0.2) is 0 Å². The predicted molar refractivity (Wildman–Crippen MR) is 56.0 cm³/mol. The van der Waals surface area contributed by atoms with Crippen LogP contribution in [0.2, 0.25) is 0 Å². The Kier molecular flexibility index (Phi) is 3.41. The molecule has 0 aromatic heterocycles. The largest absolute Gasteiger partial charge is 0.390 e. The van der Waals surface area contributed by atoms with Gasteiger partial charge in [0.2, 0.25) is 0 Å². The van der Waals surface area contributed by atoms with Gasteiger partial charge >= 0.3 is 0 Å². The van der Waals surface area contributed by atoms with E-state index in [1.54, 1.807) is 25.6 Å². The average Bonchev–Trinajstić information content (AvgIpc) is 2.49. The molecule has 76 valence electrons. The fraction of sp³-hybridized carbons (Fsp3) is 0.900. The summed E-state index contributed by atoms with van der Waals surface area (Å²) < 4.78 is -0.181. The first-order chi connectivity index (χ1) is 5.97. The molecule has 0 amide bonds. The second-order valence-corrected chi connectivity index (χ2v) is 5.96. The van der Waals surface area contributed by atoms with Crippen LogP contribution in [-0.2, 0) is 4.79 Å². The minimum atomic E-state index is -0.640. The maximum absolute atomic E-state index is 10.9. The fourth-order valence-electron chi connectivity index (χ4n) is 1.59. The third-order valence-corrected chi connectivity index (χ3v) is 4.08. The number of thioether (sulfide) groups is 1. The van der Waals surface area contributed by atoms with E-state index >= 15 is 0 Å². The van der Waals surface area contributed by atoms with E-state index in [4.69, 9.17) is 0 Å². The van der Waals surface area contributed by atoms with E-state index in [0.29, 0.717) is 6.42 Å². The molecule has 1 unspecified atom stereocenters. The number of hydrogen-bond donors (Lipinski definition) is 1. The Labute approximate surface area is 84.1 Å². The van der Waals surface area contributed by atoms with Crippen LogP contribution in [0.4, 0.5) is 0 Å². The zero-order valence-corrected chi connectivity index (χ0v) is 9.19.